The molecule has 0 fully saturated rings. The van der Waals surface area contributed by atoms with Crippen LogP contribution in [-0.4, -0.2) is 7.11 Å². The largest absolute Gasteiger partial charge is 0.496 e. The molecule has 3 rings (SSSR count). The fourth-order valence-corrected chi connectivity index (χ4v) is 3.92. The van der Waals surface area contributed by atoms with Crippen LogP contribution in [0.5, 0.6) is 5.75 Å². The van der Waals surface area contributed by atoms with E-state index in [1.165, 1.54) is 28.3 Å². The molecular weight excluding hydrogens is 268 g/mol. The molecule has 0 N–H and O–H groups in total. The Kier molecular flexibility index (Phi) is 3.41. The highest BCUT2D eigenvalue weighted by Crippen LogP contribution is 2.46. The van der Waals surface area contributed by atoms with Crippen LogP contribution in [0.25, 0.3) is 10.8 Å². The van der Waals surface area contributed by atoms with Crippen molar-refractivity contribution in [3.63, 3.8) is 0 Å². The van der Waals surface area contributed by atoms with E-state index in [0.29, 0.717) is 5.41 Å². The van der Waals surface area contributed by atoms with Crippen molar-refractivity contribution in [1.29, 1.82) is 0 Å². The number of hydrogen-bond donors (Lipinski definition) is 0. The van der Waals surface area contributed by atoms with Crippen LogP contribution in [0.15, 0.2) is 30.3 Å². The molecule has 0 spiro atoms. The Morgan fingerprint density at radius 1 is 1.20 bits per heavy atom. The molecule has 0 aliphatic heterocycles. The van der Waals surface area contributed by atoms with Gasteiger partial charge >= 0.3 is 0 Å². The summed E-state index contributed by atoms with van der Waals surface area (Å²) in [4.78, 5) is 0. The summed E-state index contributed by atoms with van der Waals surface area (Å²) in [7, 11) is 1.73. The third kappa shape index (κ3) is 2.29. The number of methoxy groups -OCH3 is 1. The summed E-state index contributed by atoms with van der Waals surface area (Å²) in [6.07, 6.45) is 3.29. The molecule has 0 aromatic heterocycles. The van der Waals surface area contributed by atoms with Crippen LogP contribution in [0.2, 0.25) is 0 Å². The number of rotatable bonds is 1. The number of fused-ring (bicyclic) bond motifs is 3. The number of alkyl halides is 1. The molecule has 1 aliphatic rings. The number of benzene rings is 2. The zero-order valence-electron chi connectivity index (χ0n) is 12.4. The van der Waals surface area contributed by atoms with Gasteiger partial charge in [0, 0.05) is 5.39 Å². The minimum Gasteiger partial charge on any atom is -0.496 e. The van der Waals surface area contributed by atoms with Crippen LogP contribution in [0.4, 0.5) is 0 Å². The van der Waals surface area contributed by atoms with E-state index in [1.807, 2.05) is 0 Å². The van der Waals surface area contributed by atoms with Gasteiger partial charge < -0.3 is 4.74 Å². The Balaban J connectivity index is 2.26. The Morgan fingerprint density at radius 3 is 2.60 bits per heavy atom. The Morgan fingerprint density at radius 2 is 1.90 bits per heavy atom. The van der Waals surface area contributed by atoms with Crippen molar-refractivity contribution in [3.8, 4) is 5.75 Å². The maximum Gasteiger partial charge on any atom is 0.127 e. The van der Waals surface area contributed by atoms with E-state index in [4.69, 9.17) is 16.3 Å². The smallest absolute Gasteiger partial charge is 0.127 e. The third-order valence-corrected chi connectivity index (χ3v) is 4.88. The predicted molar refractivity (Wildman–Crippen MR) is 85.8 cm³/mol. The van der Waals surface area contributed by atoms with Crippen LogP contribution in [0.1, 0.15) is 43.2 Å². The fraction of sp³-hybridized carbons (Fsp3) is 0.444. The number of ether oxygens (including phenoxy) is 1. The summed E-state index contributed by atoms with van der Waals surface area (Å²) in [5.74, 6) is 0.935. The lowest BCUT2D eigenvalue weighted by Crippen LogP contribution is -2.11. The minimum absolute atomic E-state index is 0.0704. The maximum absolute atomic E-state index is 6.71. The van der Waals surface area contributed by atoms with Gasteiger partial charge in [-0.3, -0.25) is 0 Å². The van der Waals surface area contributed by atoms with Crippen molar-refractivity contribution >= 4 is 22.4 Å². The molecular formula is C18H21ClO. The first-order valence-electron chi connectivity index (χ1n) is 7.24. The number of halogens is 1. The summed E-state index contributed by atoms with van der Waals surface area (Å²) in [6, 6.07) is 10.6. The van der Waals surface area contributed by atoms with Gasteiger partial charge in [0.25, 0.3) is 0 Å². The molecule has 0 amide bonds. The van der Waals surface area contributed by atoms with Gasteiger partial charge in [0.1, 0.15) is 5.75 Å². The molecule has 0 heterocycles. The van der Waals surface area contributed by atoms with Crippen molar-refractivity contribution in [2.24, 2.45) is 5.41 Å². The molecule has 106 valence electrons. The molecule has 1 aliphatic carbocycles. The Hall–Kier alpha value is -1.21. The molecule has 1 nitrogen and oxygen atoms in total. The zero-order chi connectivity index (χ0) is 14.3. The molecule has 0 saturated carbocycles. The molecule has 0 radical (unpaired) electrons. The van der Waals surface area contributed by atoms with E-state index in [1.54, 1.807) is 7.11 Å². The van der Waals surface area contributed by atoms with Crippen molar-refractivity contribution in [1.82, 2.24) is 0 Å². The van der Waals surface area contributed by atoms with E-state index in [2.05, 4.69) is 44.2 Å². The van der Waals surface area contributed by atoms with Crippen molar-refractivity contribution in [3.05, 3.63) is 41.5 Å². The zero-order valence-corrected chi connectivity index (χ0v) is 13.1. The highest BCUT2D eigenvalue weighted by Gasteiger charge is 2.30. The van der Waals surface area contributed by atoms with Gasteiger partial charge in [-0.05, 0) is 47.3 Å². The summed E-state index contributed by atoms with van der Waals surface area (Å²) in [5.41, 5.74) is 2.96. The normalized spacial score (nSPS) is 21.3. The molecule has 0 saturated heterocycles. The topological polar surface area (TPSA) is 9.23 Å². The quantitative estimate of drug-likeness (QED) is 0.498. The molecule has 20 heavy (non-hydrogen) atoms. The highest BCUT2D eigenvalue weighted by molar-refractivity contribution is 6.21. The van der Waals surface area contributed by atoms with E-state index in [0.717, 1.165) is 18.6 Å². The lowest BCUT2D eigenvalue weighted by Gasteiger charge is -2.23. The van der Waals surface area contributed by atoms with Crippen LogP contribution in [-0.2, 0) is 6.42 Å². The summed E-state index contributed by atoms with van der Waals surface area (Å²) in [6.45, 7) is 4.63. The summed E-state index contributed by atoms with van der Waals surface area (Å²) in [5, 5.41) is 2.56. The van der Waals surface area contributed by atoms with Crippen LogP contribution < -0.4 is 4.74 Å². The van der Waals surface area contributed by atoms with Gasteiger partial charge in [0.15, 0.2) is 0 Å². The summed E-state index contributed by atoms with van der Waals surface area (Å²) >= 11 is 6.71. The van der Waals surface area contributed by atoms with Gasteiger partial charge in [-0.2, -0.15) is 0 Å². The van der Waals surface area contributed by atoms with Gasteiger partial charge in [-0.15, -0.1) is 11.6 Å². The van der Waals surface area contributed by atoms with E-state index < -0.39 is 0 Å². The molecule has 2 aromatic rings. The number of hydrogen-bond acceptors (Lipinski definition) is 1. The second-order valence-corrected chi connectivity index (χ2v) is 7.05. The minimum atomic E-state index is 0.0704. The summed E-state index contributed by atoms with van der Waals surface area (Å²) < 4.78 is 5.58. The Bertz CT molecular complexity index is 645. The van der Waals surface area contributed by atoms with E-state index >= 15 is 0 Å². The van der Waals surface area contributed by atoms with Crippen LogP contribution in [0.3, 0.4) is 0 Å². The van der Waals surface area contributed by atoms with Crippen molar-refractivity contribution in [2.75, 3.05) is 7.11 Å². The monoisotopic (exact) mass is 288 g/mol. The van der Waals surface area contributed by atoms with Crippen LogP contribution in [0, 0.1) is 5.41 Å². The van der Waals surface area contributed by atoms with Gasteiger partial charge in [-0.25, -0.2) is 0 Å². The number of aryl methyl sites for hydroxylation is 1. The average molecular weight is 289 g/mol. The fourth-order valence-electron chi connectivity index (χ4n) is 3.31. The Labute approximate surface area is 125 Å². The maximum atomic E-state index is 6.71. The predicted octanol–water partition coefficient (Wildman–Crippen LogP) is 5.49. The van der Waals surface area contributed by atoms with Gasteiger partial charge in [0.05, 0.1) is 12.5 Å². The molecule has 1 unspecified atom stereocenters. The van der Waals surface area contributed by atoms with E-state index in [9.17, 15) is 0 Å². The first-order chi connectivity index (χ1) is 9.52. The first kappa shape index (κ1) is 13.8. The third-order valence-electron chi connectivity index (χ3n) is 4.49. The SMILES string of the molecule is COc1cc2c(c3ccccc13)CCC(C)(C)CC2Cl. The lowest BCUT2D eigenvalue weighted by atomic mass is 9.84. The molecule has 2 heteroatoms. The van der Waals surface area contributed by atoms with Crippen molar-refractivity contribution < 1.29 is 4.74 Å². The van der Waals surface area contributed by atoms with Crippen LogP contribution >= 0.6 is 11.6 Å². The standard InChI is InChI=1S/C18H21ClO/c1-18(2)9-8-13-12-6-4-5-7-14(12)17(20-3)10-15(13)16(19)11-18/h4-7,10,16H,8-9,11H2,1-3H3. The van der Waals surface area contributed by atoms with E-state index in [-0.39, 0.29) is 5.38 Å². The highest BCUT2D eigenvalue weighted by atomic mass is 35.5. The lowest BCUT2D eigenvalue weighted by molar-refractivity contribution is 0.313. The second kappa shape index (κ2) is 4.96. The molecule has 0 bridgehead atoms. The molecule has 2 aromatic carbocycles. The van der Waals surface area contributed by atoms with Crippen molar-refractivity contribution in [2.45, 2.75) is 38.5 Å². The van der Waals surface area contributed by atoms with Gasteiger partial charge in [-0.1, -0.05) is 38.1 Å². The first-order valence-corrected chi connectivity index (χ1v) is 7.68. The average Bonchev–Trinajstić information content (AvgIpc) is 2.54. The van der Waals surface area contributed by atoms with Gasteiger partial charge in [0.2, 0.25) is 0 Å². The molecule has 1 atom stereocenters. The second-order valence-electron chi connectivity index (χ2n) is 6.53.